The Labute approximate surface area is 184 Å². The zero-order valence-electron chi connectivity index (χ0n) is 17.4. The zero-order chi connectivity index (χ0) is 22.5. The average Bonchev–Trinajstić information content (AvgIpc) is 2.80. The van der Waals surface area contributed by atoms with E-state index >= 15 is 0 Å². The molecule has 0 bridgehead atoms. The molecule has 0 atom stereocenters. The second-order valence-corrected chi connectivity index (χ2v) is 7.10. The first-order valence-corrected chi connectivity index (χ1v) is 10.2. The number of fused-ring (bicyclic) bond motifs is 1. The summed E-state index contributed by atoms with van der Waals surface area (Å²) in [7, 11) is 0. The summed E-state index contributed by atoms with van der Waals surface area (Å²) in [5.41, 5.74) is 0.875. The fraction of sp³-hybridized carbons (Fsp3) is 0.115. The van der Waals surface area contributed by atoms with E-state index in [0.717, 1.165) is 22.9 Å². The van der Waals surface area contributed by atoms with Crippen molar-refractivity contribution in [3.8, 4) is 11.5 Å². The first kappa shape index (κ1) is 21.3. The number of halogens is 2. The molecule has 0 saturated carbocycles. The molecule has 0 aliphatic heterocycles. The van der Waals surface area contributed by atoms with Crippen LogP contribution in [0.25, 0.3) is 10.8 Å². The van der Waals surface area contributed by atoms with Gasteiger partial charge >= 0.3 is 0 Å². The van der Waals surface area contributed by atoms with Gasteiger partial charge in [-0.3, -0.25) is 4.79 Å². The van der Waals surface area contributed by atoms with Crippen molar-refractivity contribution in [2.24, 2.45) is 0 Å². The molecular weight excluding hydrogens is 412 g/mol. The van der Waals surface area contributed by atoms with E-state index in [0.29, 0.717) is 29.2 Å². The lowest BCUT2D eigenvalue weighted by Gasteiger charge is -2.14. The molecule has 6 heteroatoms. The third-order valence-electron chi connectivity index (χ3n) is 4.93. The lowest BCUT2D eigenvalue weighted by Crippen LogP contribution is -2.14. The molecule has 4 aromatic rings. The van der Waals surface area contributed by atoms with Gasteiger partial charge in [0.25, 0.3) is 5.91 Å². The molecule has 0 aliphatic carbocycles. The molecule has 0 aliphatic rings. The second kappa shape index (κ2) is 9.47. The van der Waals surface area contributed by atoms with Gasteiger partial charge in [0.2, 0.25) is 0 Å². The molecular formula is C26H21F2NO3. The lowest BCUT2D eigenvalue weighted by atomic mass is 10.1. The average molecular weight is 433 g/mol. The highest BCUT2D eigenvalue weighted by atomic mass is 19.1. The summed E-state index contributed by atoms with van der Waals surface area (Å²) in [5.74, 6) is -0.769. The number of hydrogen-bond acceptors (Lipinski definition) is 3. The smallest absolute Gasteiger partial charge is 0.255 e. The normalized spacial score (nSPS) is 10.7. The number of ether oxygens (including phenoxy) is 2. The molecule has 0 radical (unpaired) electrons. The number of carbonyl (C=O) groups is 1. The van der Waals surface area contributed by atoms with E-state index < -0.39 is 17.5 Å². The third-order valence-corrected chi connectivity index (χ3v) is 4.93. The van der Waals surface area contributed by atoms with E-state index in [-0.39, 0.29) is 12.3 Å². The molecule has 0 heterocycles. The van der Waals surface area contributed by atoms with Crippen molar-refractivity contribution in [2.45, 2.75) is 13.5 Å². The fourth-order valence-electron chi connectivity index (χ4n) is 3.39. The van der Waals surface area contributed by atoms with Crippen molar-refractivity contribution in [3.63, 3.8) is 0 Å². The van der Waals surface area contributed by atoms with Crippen molar-refractivity contribution < 1.29 is 23.0 Å². The molecule has 0 fully saturated rings. The van der Waals surface area contributed by atoms with Gasteiger partial charge in [-0.05, 0) is 48.7 Å². The standard InChI is InChI=1S/C26H21F2NO3/c1-2-31-24-13-10-18(26(30)29-23-12-11-20(27)15-22(23)28)14-19(24)16-32-25-9-5-7-17-6-3-4-8-21(17)25/h3-15H,2,16H2,1H3,(H,29,30). The molecule has 0 spiro atoms. The van der Waals surface area contributed by atoms with Gasteiger partial charge in [0.15, 0.2) is 0 Å². The van der Waals surface area contributed by atoms with Gasteiger partial charge in [-0.2, -0.15) is 0 Å². The van der Waals surface area contributed by atoms with Gasteiger partial charge in [0, 0.05) is 22.6 Å². The number of carbonyl (C=O) groups excluding carboxylic acids is 1. The molecule has 4 rings (SSSR count). The molecule has 0 aromatic heterocycles. The summed E-state index contributed by atoms with van der Waals surface area (Å²) < 4.78 is 38.8. The maximum Gasteiger partial charge on any atom is 0.255 e. The van der Waals surface area contributed by atoms with Crippen LogP contribution in [0.2, 0.25) is 0 Å². The molecule has 4 nitrogen and oxygen atoms in total. The summed E-state index contributed by atoms with van der Waals surface area (Å²) in [6, 6.07) is 21.6. The van der Waals surface area contributed by atoms with Gasteiger partial charge in [-0.1, -0.05) is 36.4 Å². The summed E-state index contributed by atoms with van der Waals surface area (Å²) >= 11 is 0. The van der Waals surface area contributed by atoms with E-state index in [9.17, 15) is 13.6 Å². The minimum atomic E-state index is -0.844. The molecule has 0 unspecified atom stereocenters. The van der Waals surface area contributed by atoms with Crippen LogP contribution < -0.4 is 14.8 Å². The Balaban J connectivity index is 1.58. The number of nitrogens with one attached hydrogen (secondary N) is 1. The Morgan fingerprint density at radius 2 is 1.69 bits per heavy atom. The lowest BCUT2D eigenvalue weighted by molar-refractivity contribution is 0.102. The van der Waals surface area contributed by atoms with Crippen LogP contribution in [0.3, 0.4) is 0 Å². The maximum absolute atomic E-state index is 13.9. The Hall–Kier alpha value is -3.93. The fourth-order valence-corrected chi connectivity index (χ4v) is 3.39. The molecule has 1 N–H and O–H groups in total. The maximum atomic E-state index is 13.9. The second-order valence-electron chi connectivity index (χ2n) is 7.10. The van der Waals surface area contributed by atoms with Crippen LogP contribution >= 0.6 is 0 Å². The Kier molecular flexibility index (Phi) is 6.31. The van der Waals surface area contributed by atoms with E-state index in [4.69, 9.17) is 9.47 Å². The SMILES string of the molecule is CCOc1ccc(C(=O)Nc2ccc(F)cc2F)cc1COc1cccc2ccccc12. The monoisotopic (exact) mass is 433 g/mol. The van der Waals surface area contributed by atoms with Crippen LogP contribution in [0.1, 0.15) is 22.8 Å². The van der Waals surface area contributed by atoms with Crippen molar-refractivity contribution in [1.29, 1.82) is 0 Å². The van der Waals surface area contributed by atoms with E-state index in [1.807, 2.05) is 49.4 Å². The topological polar surface area (TPSA) is 47.6 Å². The minimum absolute atomic E-state index is 0.0983. The van der Waals surface area contributed by atoms with E-state index in [1.165, 1.54) is 6.07 Å². The van der Waals surface area contributed by atoms with Crippen LogP contribution in [0.15, 0.2) is 78.9 Å². The Bertz CT molecular complexity index is 1270. The number of benzene rings is 4. The van der Waals surface area contributed by atoms with Crippen LogP contribution in [-0.4, -0.2) is 12.5 Å². The van der Waals surface area contributed by atoms with Crippen molar-refractivity contribution in [3.05, 3.63) is 102 Å². The van der Waals surface area contributed by atoms with Crippen LogP contribution in [-0.2, 0) is 6.61 Å². The summed E-state index contributed by atoms with van der Waals surface area (Å²) in [5, 5.41) is 4.51. The quantitative estimate of drug-likeness (QED) is 0.370. The zero-order valence-corrected chi connectivity index (χ0v) is 17.4. The molecule has 32 heavy (non-hydrogen) atoms. The van der Waals surface area contributed by atoms with Crippen LogP contribution in [0.4, 0.5) is 14.5 Å². The van der Waals surface area contributed by atoms with Gasteiger partial charge in [-0.15, -0.1) is 0 Å². The first-order chi connectivity index (χ1) is 15.5. The largest absolute Gasteiger partial charge is 0.493 e. The van der Waals surface area contributed by atoms with Crippen molar-refractivity contribution in [2.75, 3.05) is 11.9 Å². The highest BCUT2D eigenvalue weighted by Crippen LogP contribution is 2.28. The van der Waals surface area contributed by atoms with Crippen molar-refractivity contribution >= 4 is 22.4 Å². The third kappa shape index (κ3) is 4.70. The van der Waals surface area contributed by atoms with Gasteiger partial charge in [0.1, 0.15) is 29.7 Å². The molecule has 4 aromatic carbocycles. The number of rotatable bonds is 7. The van der Waals surface area contributed by atoms with E-state index in [1.54, 1.807) is 18.2 Å². The van der Waals surface area contributed by atoms with Gasteiger partial charge in [0.05, 0.1) is 12.3 Å². The van der Waals surface area contributed by atoms with Crippen molar-refractivity contribution in [1.82, 2.24) is 0 Å². The number of amides is 1. The summed E-state index contributed by atoms with van der Waals surface area (Å²) in [6.45, 7) is 2.50. The predicted octanol–water partition coefficient (Wildman–Crippen LogP) is 6.35. The Morgan fingerprint density at radius 3 is 2.50 bits per heavy atom. The van der Waals surface area contributed by atoms with Gasteiger partial charge in [-0.25, -0.2) is 8.78 Å². The molecule has 1 amide bonds. The number of anilines is 1. The van der Waals surface area contributed by atoms with Gasteiger partial charge < -0.3 is 14.8 Å². The highest BCUT2D eigenvalue weighted by Gasteiger charge is 2.14. The summed E-state index contributed by atoms with van der Waals surface area (Å²) in [4.78, 5) is 12.7. The molecule has 162 valence electrons. The van der Waals surface area contributed by atoms with Crippen LogP contribution in [0, 0.1) is 11.6 Å². The molecule has 0 saturated heterocycles. The van der Waals surface area contributed by atoms with Crippen LogP contribution in [0.5, 0.6) is 11.5 Å². The highest BCUT2D eigenvalue weighted by molar-refractivity contribution is 6.04. The predicted molar refractivity (Wildman–Crippen MR) is 120 cm³/mol. The summed E-state index contributed by atoms with van der Waals surface area (Å²) in [6.07, 6.45) is 0. The van der Waals surface area contributed by atoms with E-state index in [2.05, 4.69) is 5.32 Å². The Morgan fingerprint density at radius 1 is 0.875 bits per heavy atom. The number of hydrogen-bond donors (Lipinski definition) is 1. The first-order valence-electron chi connectivity index (χ1n) is 10.2. The minimum Gasteiger partial charge on any atom is -0.493 e.